The normalized spacial score (nSPS) is 7.88. The molecule has 0 aliphatic carbocycles. The van der Waals surface area contributed by atoms with Gasteiger partial charge >= 0.3 is 0 Å². The second-order valence-corrected chi connectivity index (χ2v) is 1.48. The number of nitriles is 1. The maximum absolute atomic E-state index is 8.29. The highest BCUT2D eigenvalue weighted by Gasteiger charge is 1.79. The summed E-state index contributed by atoms with van der Waals surface area (Å²) in [6, 6.07) is 11.2. The lowest BCUT2D eigenvalue weighted by Crippen LogP contribution is -1.66. The molecule has 0 spiro atoms. The van der Waals surface area contributed by atoms with Crippen molar-refractivity contribution in [3.63, 3.8) is 0 Å². The molecule has 0 radical (unpaired) electrons. The van der Waals surface area contributed by atoms with Gasteiger partial charge in [-0.15, -0.1) is 0 Å². The third kappa shape index (κ3) is 0.855. The number of benzene rings is 1. The topological polar surface area (TPSA) is 23.8 Å². The van der Waals surface area contributed by atoms with Gasteiger partial charge < -0.3 is 0 Å². The maximum Gasteiger partial charge on any atom is 0.0991 e. The fourth-order valence-corrected chi connectivity index (χ4v) is 0.513. The molecule has 0 fully saturated rings. The van der Waals surface area contributed by atoms with Crippen LogP contribution in [0.5, 0.6) is 0 Å². The largest absolute Gasteiger partial charge is 0.192 e. The molecule has 8 heavy (non-hydrogen) atoms. The van der Waals surface area contributed by atoms with Gasteiger partial charge in [0.05, 0.1) is 11.6 Å². The highest BCUT2D eigenvalue weighted by atomic mass is 14.4. The summed E-state index contributed by atoms with van der Waals surface area (Å²) in [4.78, 5) is 0. The molecule has 1 aromatic carbocycles. The molecule has 0 saturated carbocycles. The average molecular weight is 104 g/mol. The summed E-state index contributed by atoms with van der Waals surface area (Å²) >= 11 is 0. The van der Waals surface area contributed by atoms with E-state index >= 15 is 0 Å². The second-order valence-electron chi connectivity index (χ2n) is 1.48. The summed E-state index contributed by atoms with van der Waals surface area (Å²) in [6.07, 6.45) is 0. The van der Waals surface area contributed by atoms with Gasteiger partial charge in [0.25, 0.3) is 0 Å². The Morgan fingerprint density at radius 1 is 1.12 bits per heavy atom. The van der Waals surface area contributed by atoms with E-state index < -0.39 is 0 Å². The number of rotatable bonds is 0. The lowest BCUT2D eigenvalue weighted by Gasteiger charge is -1.80. The summed E-state index contributed by atoms with van der Waals surface area (Å²) in [5, 5.41) is 8.29. The maximum atomic E-state index is 8.29. The summed E-state index contributed by atoms with van der Waals surface area (Å²) in [7, 11) is 0. The van der Waals surface area contributed by atoms with Gasteiger partial charge in [-0.2, -0.15) is 5.26 Å². The van der Waals surface area contributed by atoms with Crippen molar-refractivity contribution >= 4 is 0 Å². The van der Waals surface area contributed by atoms with Crippen molar-refractivity contribution in [1.29, 1.82) is 5.26 Å². The fraction of sp³-hybridized carbons (Fsp3) is 0. The zero-order chi connectivity index (χ0) is 5.82. The minimum atomic E-state index is 0.715. The lowest BCUT2D eigenvalue weighted by atomic mass is 10.3. The van der Waals surface area contributed by atoms with E-state index in [1.807, 2.05) is 24.3 Å². The highest BCUT2D eigenvalue weighted by Crippen LogP contribution is 1.92. The molecule has 0 aliphatic heterocycles. The molecule has 0 saturated heterocycles. The van der Waals surface area contributed by atoms with Gasteiger partial charge in [0, 0.05) is 0 Å². The Morgan fingerprint density at radius 3 is 2.12 bits per heavy atom. The van der Waals surface area contributed by atoms with Crippen molar-refractivity contribution in [3.05, 3.63) is 35.9 Å². The first-order chi connectivity index (χ1) is 3.93. The van der Waals surface area contributed by atoms with Gasteiger partial charge in [-0.3, -0.25) is 0 Å². The summed E-state index contributed by atoms with van der Waals surface area (Å²) in [5.74, 6) is 0. The van der Waals surface area contributed by atoms with Crippen LogP contribution in [0, 0.1) is 11.3 Å². The quantitative estimate of drug-likeness (QED) is 0.458. The Morgan fingerprint density at radius 2 is 1.75 bits per heavy atom. The van der Waals surface area contributed by atoms with Crippen LogP contribution >= 0.6 is 0 Å². The van der Waals surface area contributed by atoms with Crippen LogP contribution in [0.2, 0.25) is 0 Å². The summed E-state index contributed by atoms with van der Waals surface area (Å²) < 4.78 is 0. The van der Waals surface area contributed by atoms with E-state index in [4.69, 9.17) is 5.26 Å². The molecule has 0 bridgehead atoms. The number of hydrogen-bond acceptors (Lipinski definition) is 1. The van der Waals surface area contributed by atoms with Crippen LogP contribution in [-0.2, 0) is 0 Å². The van der Waals surface area contributed by atoms with Crippen LogP contribution < -0.4 is 0 Å². The Labute approximate surface area is 48.2 Å². The van der Waals surface area contributed by atoms with E-state index in [2.05, 4.69) is 0 Å². The monoisotopic (exact) mass is 104 g/mol. The van der Waals surface area contributed by atoms with Crippen LogP contribution in [0.15, 0.2) is 30.3 Å². The van der Waals surface area contributed by atoms with Crippen molar-refractivity contribution in [2.75, 3.05) is 0 Å². The van der Waals surface area contributed by atoms with E-state index in [1.165, 1.54) is 0 Å². The molecule has 0 heterocycles. The molecule has 0 N–H and O–H groups in total. The minimum Gasteiger partial charge on any atom is -0.192 e. The zero-order valence-corrected chi connectivity index (χ0v) is 4.33. The van der Waals surface area contributed by atoms with Crippen LogP contribution in [-0.4, -0.2) is 0 Å². The van der Waals surface area contributed by atoms with Crippen molar-refractivity contribution in [2.24, 2.45) is 0 Å². The summed E-state index contributed by atoms with van der Waals surface area (Å²) in [6.45, 7) is 0. The Bertz CT molecular complexity index is 195. The van der Waals surface area contributed by atoms with E-state index in [1.54, 1.807) is 12.1 Å². The molecule has 1 aromatic rings. The first-order valence-corrected chi connectivity index (χ1v) is 2.38. The van der Waals surface area contributed by atoms with Crippen molar-refractivity contribution in [3.8, 4) is 6.07 Å². The van der Waals surface area contributed by atoms with Gasteiger partial charge in [0.1, 0.15) is 0 Å². The number of nitrogens with zero attached hydrogens (tertiary/aromatic N) is 1. The molecule has 1 rings (SSSR count). The molecule has 0 atom stereocenters. The molecule has 1 nitrogen and oxygen atoms in total. The molecular weight excluding hydrogens is 99.1 g/mol. The predicted octanol–water partition coefficient (Wildman–Crippen LogP) is 1.56. The molecule has 1 heteroatoms. The van der Waals surface area contributed by atoms with E-state index in [0.29, 0.717) is 5.56 Å². The molecule has 38 valence electrons. The Kier molecular flexibility index (Phi) is 1.29. The number of hydrogen-bond donors (Lipinski definition) is 0. The van der Waals surface area contributed by atoms with Crippen molar-refractivity contribution in [2.45, 2.75) is 0 Å². The van der Waals surface area contributed by atoms with E-state index in [0.717, 1.165) is 0 Å². The zero-order valence-electron chi connectivity index (χ0n) is 4.33. The van der Waals surface area contributed by atoms with Crippen molar-refractivity contribution < 1.29 is 0 Å². The molecule has 0 unspecified atom stereocenters. The van der Waals surface area contributed by atoms with Crippen LogP contribution in [0.3, 0.4) is 0 Å². The molecule has 0 amide bonds. The van der Waals surface area contributed by atoms with Gasteiger partial charge in [0.2, 0.25) is 0 Å². The SMILES string of the molecule is N#[13C]c1ccccc1. The smallest absolute Gasteiger partial charge is 0.0991 e. The van der Waals surface area contributed by atoms with Crippen LogP contribution in [0.4, 0.5) is 0 Å². The molecule has 0 aliphatic rings. The third-order valence-electron chi connectivity index (χ3n) is 0.903. The standard InChI is InChI=1S/C7H5N/c8-6-7-4-2-1-3-5-7/h1-5H/i6+1. The molecule has 0 aromatic heterocycles. The first kappa shape index (κ1) is 4.86. The van der Waals surface area contributed by atoms with E-state index in [-0.39, 0.29) is 0 Å². The Balaban J connectivity index is 3.05. The van der Waals surface area contributed by atoms with Gasteiger partial charge in [0.15, 0.2) is 0 Å². The highest BCUT2D eigenvalue weighted by molar-refractivity contribution is 5.27. The van der Waals surface area contributed by atoms with Crippen molar-refractivity contribution in [1.82, 2.24) is 0 Å². The first-order valence-electron chi connectivity index (χ1n) is 2.38. The minimum absolute atomic E-state index is 0.715. The van der Waals surface area contributed by atoms with Gasteiger partial charge in [-0.1, -0.05) is 18.2 Å². The lowest BCUT2D eigenvalue weighted by molar-refractivity contribution is 1.49. The van der Waals surface area contributed by atoms with Crippen LogP contribution in [0.1, 0.15) is 5.56 Å². The fourth-order valence-electron chi connectivity index (χ4n) is 0.513. The van der Waals surface area contributed by atoms with Gasteiger partial charge in [-0.05, 0) is 12.1 Å². The molecular formula is C7H5N. The van der Waals surface area contributed by atoms with Crippen LogP contribution in [0.25, 0.3) is 0 Å². The Hall–Kier alpha value is -1.29. The van der Waals surface area contributed by atoms with Gasteiger partial charge in [-0.25, -0.2) is 0 Å². The summed E-state index contributed by atoms with van der Waals surface area (Å²) in [5.41, 5.74) is 0.715. The third-order valence-corrected chi connectivity index (χ3v) is 0.903. The second kappa shape index (κ2) is 2.13. The van der Waals surface area contributed by atoms with E-state index in [9.17, 15) is 0 Å². The average Bonchev–Trinajstić information content (AvgIpc) is 1.90. The predicted molar refractivity (Wildman–Crippen MR) is 31.2 cm³/mol.